The van der Waals surface area contributed by atoms with E-state index in [1.54, 1.807) is 12.1 Å². The van der Waals surface area contributed by atoms with E-state index in [0.29, 0.717) is 23.5 Å². The summed E-state index contributed by atoms with van der Waals surface area (Å²) in [6.45, 7) is 2.68. The Morgan fingerprint density at radius 3 is 2.79 bits per heavy atom. The molecule has 0 spiro atoms. The first-order valence-electron chi connectivity index (χ1n) is 9.69. The minimum atomic E-state index is -0.559. The molecular formula is C22H22F2N4O. The number of hydrogen-bond acceptors (Lipinski definition) is 3. The number of carbonyl (C=O) groups is 1. The predicted octanol–water partition coefficient (Wildman–Crippen LogP) is 3.83. The highest BCUT2D eigenvalue weighted by molar-refractivity contribution is 5.94. The van der Waals surface area contributed by atoms with Crippen molar-refractivity contribution in [2.45, 2.75) is 39.2 Å². The van der Waals surface area contributed by atoms with Crippen LogP contribution in [0.25, 0.3) is 11.4 Å². The Balaban J connectivity index is 1.55. The number of halogens is 2. The van der Waals surface area contributed by atoms with Gasteiger partial charge in [-0.05, 0) is 61.4 Å². The van der Waals surface area contributed by atoms with E-state index in [4.69, 9.17) is 5.73 Å². The van der Waals surface area contributed by atoms with E-state index in [1.165, 1.54) is 12.1 Å². The molecule has 3 aromatic rings. The molecule has 29 heavy (non-hydrogen) atoms. The second-order valence-corrected chi connectivity index (χ2v) is 7.62. The molecular weight excluding hydrogens is 374 g/mol. The summed E-state index contributed by atoms with van der Waals surface area (Å²) in [5.74, 6) is 0.429. The maximum absolute atomic E-state index is 13.9. The highest BCUT2D eigenvalue weighted by atomic mass is 19.1. The number of amides is 1. The number of hydrogen-bond donors (Lipinski definition) is 1. The maximum Gasteiger partial charge on any atom is 0.248 e. The lowest BCUT2D eigenvalue weighted by Crippen LogP contribution is -2.22. The normalized spacial score (nSPS) is 15.9. The molecule has 5 nitrogen and oxygen atoms in total. The Hall–Kier alpha value is -3.09. The fraction of sp³-hybridized carbons (Fsp3) is 0.318. The van der Waals surface area contributed by atoms with Crippen molar-refractivity contribution < 1.29 is 13.6 Å². The first-order chi connectivity index (χ1) is 13.9. The monoisotopic (exact) mass is 396 g/mol. The molecule has 4 rings (SSSR count). The number of primary amides is 1. The first kappa shape index (κ1) is 19.2. The molecule has 2 N–H and O–H groups in total. The molecule has 150 valence electrons. The third kappa shape index (κ3) is 3.90. The number of aryl methyl sites for hydroxylation is 3. The number of rotatable bonds is 5. The molecule has 7 heteroatoms. The number of nitrogens with zero attached hydrogens (tertiary/aromatic N) is 3. The summed E-state index contributed by atoms with van der Waals surface area (Å²) >= 11 is 0. The third-order valence-corrected chi connectivity index (χ3v) is 5.64. The van der Waals surface area contributed by atoms with Crippen molar-refractivity contribution in [3.05, 3.63) is 70.5 Å². The van der Waals surface area contributed by atoms with Gasteiger partial charge in [-0.25, -0.2) is 8.78 Å². The third-order valence-electron chi connectivity index (χ3n) is 5.64. The summed E-state index contributed by atoms with van der Waals surface area (Å²) in [5.41, 5.74) is 8.22. The summed E-state index contributed by atoms with van der Waals surface area (Å²) in [5, 5.41) is 8.69. The Kier molecular flexibility index (Phi) is 5.13. The Bertz CT molecular complexity index is 1080. The molecule has 1 atom stereocenters. The summed E-state index contributed by atoms with van der Waals surface area (Å²) in [6, 6.07) is 9.06. The molecule has 1 aromatic heterocycles. The van der Waals surface area contributed by atoms with Crippen molar-refractivity contribution >= 4 is 5.91 Å². The van der Waals surface area contributed by atoms with Crippen LogP contribution < -0.4 is 5.73 Å². The lowest BCUT2D eigenvalue weighted by molar-refractivity contribution is 0.100. The topological polar surface area (TPSA) is 73.8 Å². The van der Waals surface area contributed by atoms with Crippen LogP contribution in [0, 0.1) is 24.5 Å². The van der Waals surface area contributed by atoms with Crippen LogP contribution in [0.5, 0.6) is 0 Å². The van der Waals surface area contributed by atoms with Crippen molar-refractivity contribution in [3.63, 3.8) is 0 Å². The van der Waals surface area contributed by atoms with Gasteiger partial charge >= 0.3 is 0 Å². The number of nitrogens with two attached hydrogens (primary N) is 1. The summed E-state index contributed by atoms with van der Waals surface area (Å²) < 4.78 is 29.1. The molecule has 1 aliphatic rings. The SMILES string of the molecule is Cc1ccc(C(N)=O)cc1-c1nnc2n1CC(CCc1ccc(F)cc1F)CC2. The van der Waals surface area contributed by atoms with Gasteiger partial charge in [0.15, 0.2) is 5.82 Å². The van der Waals surface area contributed by atoms with Crippen molar-refractivity contribution in [2.24, 2.45) is 11.7 Å². The van der Waals surface area contributed by atoms with Crippen LogP contribution in [0.15, 0.2) is 36.4 Å². The van der Waals surface area contributed by atoms with Gasteiger partial charge in [0, 0.05) is 30.2 Å². The van der Waals surface area contributed by atoms with Crippen molar-refractivity contribution in [1.29, 1.82) is 0 Å². The number of carbonyl (C=O) groups excluding carboxylic acids is 1. The van der Waals surface area contributed by atoms with Crippen molar-refractivity contribution in [3.8, 4) is 11.4 Å². The number of fused-ring (bicyclic) bond motifs is 1. The highest BCUT2D eigenvalue weighted by Gasteiger charge is 2.24. The predicted molar refractivity (Wildman–Crippen MR) is 105 cm³/mol. The minimum absolute atomic E-state index is 0.335. The van der Waals surface area contributed by atoms with Gasteiger partial charge in [0.2, 0.25) is 5.91 Å². The molecule has 1 amide bonds. The Morgan fingerprint density at radius 2 is 2.03 bits per heavy atom. The Morgan fingerprint density at radius 1 is 1.21 bits per heavy atom. The van der Waals surface area contributed by atoms with Crippen LogP contribution >= 0.6 is 0 Å². The van der Waals surface area contributed by atoms with Crippen LogP contribution in [0.2, 0.25) is 0 Å². The zero-order chi connectivity index (χ0) is 20.5. The molecule has 0 saturated carbocycles. The fourth-order valence-electron chi connectivity index (χ4n) is 3.93. The molecule has 1 unspecified atom stereocenters. The molecule has 2 aromatic carbocycles. The van der Waals surface area contributed by atoms with E-state index >= 15 is 0 Å². The van der Waals surface area contributed by atoms with E-state index in [0.717, 1.165) is 54.6 Å². The second-order valence-electron chi connectivity index (χ2n) is 7.62. The molecule has 0 radical (unpaired) electrons. The molecule has 0 aliphatic carbocycles. The van der Waals surface area contributed by atoms with Gasteiger partial charge in [-0.3, -0.25) is 4.79 Å². The van der Waals surface area contributed by atoms with Crippen LogP contribution in [-0.4, -0.2) is 20.7 Å². The van der Waals surface area contributed by atoms with Gasteiger partial charge in [-0.2, -0.15) is 0 Å². The largest absolute Gasteiger partial charge is 0.366 e. The van der Waals surface area contributed by atoms with Gasteiger partial charge in [0.1, 0.15) is 17.5 Å². The molecule has 0 saturated heterocycles. The second kappa shape index (κ2) is 7.73. The Labute approximate surface area is 167 Å². The quantitative estimate of drug-likeness (QED) is 0.712. The first-order valence-corrected chi connectivity index (χ1v) is 9.69. The standard InChI is InChI=1S/C22H22F2N4O/c1-13-2-5-16(21(25)29)10-18(13)22-27-26-20-9-4-14(12-28(20)22)3-6-15-7-8-17(23)11-19(15)24/h2,5,7-8,10-11,14H,3-4,6,9,12H2,1H3,(H2,25,29). The van der Waals surface area contributed by atoms with E-state index < -0.39 is 17.5 Å². The molecule has 0 bridgehead atoms. The van der Waals surface area contributed by atoms with Gasteiger partial charge < -0.3 is 10.3 Å². The fourth-order valence-corrected chi connectivity index (χ4v) is 3.93. The van der Waals surface area contributed by atoms with Crippen molar-refractivity contribution in [2.75, 3.05) is 0 Å². The smallest absolute Gasteiger partial charge is 0.248 e. The molecule has 0 fully saturated rings. The maximum atomic E-state index is 13.9. The summed E-state index contributed by atoms with van der Waals surface area (Å²) in [7, 11) is 0. The van der Waals surface area contributed by atoms with Crippen LogP contribution in [0.4, 0.5) is 8.78 Å². The van der Waals surface area contributed by atoms with Gasteiger partial charge in [-0.15, -0.1) is 10.2 Å². The minimum Gasteiger partial charge on any atom is -0.366 e. The molecule has 2 heterocycles. The van der Waals surface area contributed by atoms with E-state index in [1.807, 2.05) is 13.0 Å². The lowest BCUT2D eigenvalue weighted by atomic mass is 9.92. The molecule has 1 aliphatic heterocycles. The van der Waals surface area contributed by atoms with Gasteiger partial charge in [-0.1, -0.05) is 12.1 Å². The number of aromatic nitrogens is 3. The summed E-state index contributed by atoms with van der Waals surface area (Å²) in [6.07, 6.45) is 3.08. The van der Waals surface area contributed by atoms with E-state index in [2.05, 4.69) is 14.8 Å². The summed E-state index contributed by atoms with van der Waals surface area (Å²) in [4.78, 5) is 11.6. The van der Waals surface area contributed by atoms with E-state index in [-0.39, 0.29) is 0 Å². The van der Waals surface area contributed by atoms with Gasteiger partial charge in [0.05, 0.1) is 0 Å². The van der Waals surface area contributed by atoms with Crippen LogP contribution in [-0.2, 0) is 19.4 Å². The zero-order valence-corrected chi connectivity index (χ0v) is 16.2. The zero-order valence-electron chi connectivity index (χ0n) is 16.2. The van der Waals surface area contributed by atoms with E-state index in [9.17, 15) is 13.6 Å². The lowest BCUT2D eigenvalue weighted by Gasteiger charge is -2.24. The van der Waals surface area contributed by atoms with Crippen LogP contribution in [0.1, 0.15) is 40.2 Å². The number of benzene rings is 2. The average molecular weight is 396 g/mol. The van der Waals surface area contributed by atoms with Crippen molar-refractivity contribution in [1.82, 2.24) is 14.8 Å². The average Bonchev–Trinajstić information content (AvgIpc) is 3.10. The highest BCUT2D eigenvalue weighted by Crippen LogP contribution is 2.30. The van der Waals surface area contributed by atoms with Crippen LogP contribution in [0.3, 0.4) is 0 Å². The van der Waals surface area contributed by atoms with Gasteiger partial charge in [0.25, 0.3) is 0 Å².